The van der Waals surface area contributed by atoms with Crippen LogP contribution in [0.15, 0.2) is 0 Å². The normalized spacial score (nSPS) is 11.7. The lowest BCUT2D eigenvalue weighted by Gasteiger charge is -2.18. The molecular formula is C47H94N2O4. The van der Waals surface area contributed by atoms with Gasteiger partial charge in [0.2, 0.25) is 0 Å². The van der Waals surface area contributed by atoms with Crippen molar-refractivity contribution in [2.24, 2.45) is 17.8 Å². The molecule has 0 amide bonds. The van der Waals surface area contributed by atoms with Crippen LogP contribution < -0.4 is 10.6 Å². The Labute approximate surface area is 331 Å². The Hall–Kier alpha value is -1.14. The number of carbonyl (C=O) groups is 2. The van der Waals surface area contributed by atoms with E-state index in [1.165, 1.54) is 180 Å². The third-order valence-electron chi connectivity index (χ3n) is 11.3. The molecular weight excluding hydrogens is 657 g/mol. The Morgan fingerprint density at radius 2 is 0.736 bits per heavy atom. The monoisotopic (exact) mass is 751 g/mol. The van der Waals surface area contributed by atoms with Crippen LogP contribution in [0, 0.1) is 17.8 Å². The van der Waals surface area contributed by atoms with Crippen molar-refractivity contribution in [1.82, 2.24) is 10.6 Å². The number of likely N-dealkylation sites (N-methyl/N-ethyl adjacent to an activating group) is 1. The minimum atomic E-state index is 0.0322. The summed E-state index contributed by atoms with van der Waals surface area (Å²) in [5.41, 5.74) is 0. The largest absolute Gasteiger partial charge is 0.466 e. The lowest BCUT2D eigenvalue weighted by atomic mass is 9.92. The van der Waals surface area contributed by atoms with Gasteiger partial charge >= 0.3 is 11.9 Å². The van der Waals surface area contributed by atoms with Gasteiger partial charge in [-0.2, -0.15) is 0 Å². The Bertz CT molecular complexity index is 687. The van der Waals surface area contributed by atoms with Crippen molar-refractivity contribution in [3.63, 3.8) is 0 Å². The van der Waals surface area contributed by atoms with Gasteiger partial charge in [-0.3, -0.25) is 9.59 Å². The molecule has 0 saturated carbocycles. The summed E-state index contributed by atoms with van der Waals surface area (Å²) in [5.74, 6) is 1.86. The molecule has 0 bridgehead atoms. The fourth-order valence-electron chi connectivity index (χ4n) is 7.74. The highest BCUT2D eigenvalue weighted by Gasteiger charge is 2.16. The van der Waals surface area contributed by atoms with Crippen LogP contribution in [0.4, 0.5) is 0 Å². The summed E-state index contributed by atoms with van der Waals surface area (Å²) < 4.78 is 11.3. The van der Waals surface area contributed by atoms with E-state index in [0.717, 1.165) is 38.4 Å². The molecule has 6 heteroatoms. The van der Waals surface area contributed by atoms with E-state index in [0.29, 0.717) is 37.9 Å². The maximum Gasteiger partial charge on any atom is 0.306 e. The Morgan fingerprint density at radius 1 is 0.415 bits per heavy atom. The van der Waals surface area contributed by atoms with E-state index in [4.69, 9.17) is 9.47 Å². The van der Waals surface area contributed by atoms with Crippen LogP contribution in [0.5, 0.6) is 0 Å². The van der Waals surface area contributed by atoms with Crippen LogP contribution in [0.2, 0.25) is 0 Å². The van der Waals surface area contributed by atoms with E-state index < -0.39 is 0 Å². The zero-order valence-electron chi connectivity index (χ0n) is 36.5. The van der Waals surface area contributed by atoms with Crippen molar-refractivity contribution < 1.29 is 19.1 Å². The first-order valence-electron chi connectivity index (χ1n) is 23.7. The number of hydrogen-bond donors (Lipinski definition) is 2. The predicted molar refractivity (Wildman–Crippen MR) is 230 cm³/mol. The molecule has 0 radical (unpaired) electrons. The van der Waals surface area contributed by atoms with Crippen LogP contribution in [-0.4, -0.2) is 51.8 Å². The first-order chi connectivity index (χ1) is 26.0. The summed E-state index contributed by atoms with van der Waals surface area (Å²) in [6.45, 7) is 13.4. The quantitative estimate of drug-likeness (QED) is 0.0477. The molecule has 0 aliphatic carbocycles. The number of esters is 2. The van der Waals surface area contributed by atoms with Gasteiger partial charge in [0.25, 0.3) is 0 Å². The average molecular weight is 751 g/mol. The van der Waals surface area contributed by atoms with Gasteiger partial charge in [0.05, 0.1) is 13.2 Å². The van der Waals surface area contributed by atoms with Crippen molar-refractivity contribution in [1.29, 1.82) is 0 Å². The van der Waals surface area contributed by atoms with Gasteiger partial charge in [-0.1, -0.05) is 169 Å². The molecule has 6 nitrogen and oxygen atoms in total. The van der Waals surface area contributed by atoms with E-state index in [-0.39, 0.29) is 11.9 Å². The molecule has 0 fully saturated rings. The molecule has 0 aliphatic rings. The SMILES string of the molecule is CCCCCC(CCCCC)CC(=O)OCCCCCCCCC(CCCCCCCCOC(=O)CC(CCCCC)CCCCC)CNCCNC. The van der Waals surface area contributed by atoms with E-state index in [2.05, 4.69) is 38.3 Å². The van der Waals surface area contributed by atoms with E-state index in [9.17, 15) is 9.59 Å². The summed E-state index contributed by atoms with van der Waals surface area (Å²) >= 11 is 0. The van der Waals surface area contributed by atoms with Crippen LogP contribution in [0.1, 0.15) is 233 Å². The topological polar surface area (TPSA) is 76.7 Å². The molecule has 0 saturated heterocycles. The van der Waals surface area contributed by atoms with Crippen LogP contribution in [-0.2, 0) is 19.1 Å². The van der Waals surface area contributed by atoms with Gasteiger partial charge in [-0.25, -0.2) is 0 Å². The van der Waals surface area contributed by atoms with Gasteiger partial charge in [-0.15, -0.1) is 0 Å². The Balaban J connectivity index is 4.09. The molecule has 0 unspecified atom stereocenters. The number of hydrogen-bond acceptors (Lipinski definition) is 6. The minimum Gasteiger partial charge on any atom is -0.466 e. The summed E-state index contributed by atoms with van der Waals surface area (Å²) in [5, 5.41) is 6.93. The Kier molecular flexibility index (Phi) is 41.1. The zero-order chi connectivity index (χ0) is 38.9. The summed E-state index contributed by atoms with van der Waals surface area (Å²) in [7, 11) is 2.02. The molecule has 0 spiro atoms. The van der Waals surface area contributed by atoms with Crippen molar-refractivity contribution in [2.75, 3.05) is 39.9 Å². The molecule has 0 aromatic rings. The molecule has 0 rings (SSSR count). The Morgan fingerprint density at radius 3 is 1.09 bits per heavy atom. The standard InChI is InChI=1S/C47H94N2O4/c1-6-10-22-30-43(31-23-11-7-2)40-46(50)52-38-28-20-16-14-18-26-34-45(42-49-37-36-48-5)35-27-19-15-17-21-29-39-53-47(51)41-44(32-24-12-8-3)33-25-13-9-4/h43-45,48-49H,6-42H2,1-5H3. The number of nitrogens with one attached hydrogen (secondary N) is 2. The highest BCUT2D eigenvalue weighted by molar-refractivity contribution is 5.70. The fourth-order valence-corrected chi connectivity index (χ4v) is 7.74. The molecule has 0 atom stereocenters. The molecule has 2 N–H and O–H groups in total. The highest BCUT2D eigenvalue weighted by atomic mass is 16.5. The molecule has 53 heavy (non-hydrogen) atoms. The zero-order valence-corrected chi connectivity index (χ0v) is 36.5. The van der Waals surface area contributed by atoms with Gasteiger partial charge in [0, 0.05) is 25.9 Å². The van der Waals surface area contributed by atoms with Crippen LogP contribution >= 0.6 is 0 Å². The lowest BCUT2D eigenvalue weighted by molar-refractivity contribution is -0.146. The van der Waals surface area contributed by atoms with Gasteiger partial charge < -0.3 is 20.1 Å². The maximum absolute atomic E-state index is 12.5. The molecule has 0 aromatic heterocycles. The van der Waals surface area contributed by atoms with E-state index in [1.807, 2.05) is 7.05 Å². The number of ether oxygens (including phenoxy) is 2. The van der Waals surface area contributed by atoms with Crippen LogP contribution in [0.25, 0.3) is 0 Å². The fraction of sp³-hybridized carbons (Fsp3) is 0.957. The third-order valence-corrected chi connectivity index (χ3v) is 11.3. The van der Waals surface area contributed by atoms with Crippen LogP contribution in [0.3, 0.4) is 0 Å². The smallest absolute Gasteiger partial charge is 0.306 e. The van der Waals surface area contributed by atoms with Crippen molar-refractivity contribution in [3.8, 4) is 0 Å². The second-order valence-electron chi connectivity index (χ2n) is 16.6. The average Bonchev–Trinajstić information content (AvgIpc) is 3.14. The number of unbranched alkanes of at least 4 members (excludes halogenated alkanes) is 18. The number of rotatable bonds is 43. The minimum absolute atomic E-state index is 0.0322. The summed E-state index contributed by atoms with van der Waals surface area (Å²) in [6.07, 6.45) is 38.3. The molecule has 0 aliphatic heterocycles. The maximum atomic E-state index is 12.5. The predicted octanol–water partition coefficient (Wildman–Crippen LogP) is 13.3. The highest BCUT2D eigenvalue weighted by Crippen LogP contribution is 2.23. The lowest BCUT2D eigenvalue weighted by Crippen LogP contribution is -2.29. The van der Waals surface area contributed by atoms with Crippen molar-refractivity contribution in [2.45, 2.75) is 233 Å². The number of carbonyl (C=O) groups excluding carboxylic acids is 2. The summed E-state index contributed by atoms with van der Waals surface area (Å²) in [4.78, 5) is 25.0. The summed E-state index contributed by atoms with van der Waals surface area (Å²) in [6, 6.07) is 0. The van der Waals surface area contributed by atoms with E-state index >= 15 is 0 Å². The first kappa shape index (κ1) is 51.9. The van der Waals surface area contributed by atoms with Crippen molar-refractivity contribution >= 4 is 11.9 Å². The molecule has 0 heterocycles. The van der Waals surface area contributed by atoms with E-state index in [1.54, 1.807) is 0 Å². The second-order valence-corrected chi connectivity index (χ2v) is 16.6. The van der Waals surface area contributed by atoms with Crippen molar-refractivity contribution in [3.05, 3.63) is 0 Å². The third kappa shape index (κ3) is 37.6. The molecule has 316 valence electrons. The van der Waals surface area contributed by atoms with Gasteiger partial charge in [0.1, 0.15) is 0 Å². The second kappa shape index (κ2) is 42.0. The molecule has 0 aromatic carbocycles. The first-order valence-corrected chi connectivity index (χ1v) is 23.7. The van der Waals surface area contributed by atoms with Gasteiger partial charge in [0.15, 0.2) is 0 Å². The van der Waals surface area contributed by atoms with Gasteiger partial charge in [-0.05, 0) is 82.7 Å².